The molecule has 0 radical (unpaired) electrons. The number of carbonyl (C=O) groups excluding carboxylic acids is 5. The van der Waals surface area contributed by atoms with Gasteiger partial charge < -0.3 is 30.0 Å². The number of nitrogens with two attached hydrogens (primary N) is 1. The Labute approximate surface area is 281 Å². The van der Waals surface area contributed by atoms with Crippen LogP contribution in [0.2, 0.25) is 0 Å². The second-order valence-corrected chi connectivity index (χ2v) is 12.9. The molecule has 0 heterocycles. The molecule has 11 heteroatoms. The molecule has 2 aromatic carbocycles. The summed E-state index contributed by atoms with van der Waals surface area (Å²) in [6.45, 7) is 16.9. The zero-order valence-corrected chi connectivity index (χ0v) is 28.5. The number of ether oxygens (including phenoxy) is 4. The van der Waals surface area contributed by atoms with Crippen LogP contribution in [0.25, 0.3) is 0 Å². The van der Waals surface area contributed by atoms with Gasteiger partial charge in [0.1, 0.15) is 26.4 Å². The van der Waals surface area contributed by atoms with Gasteiger partial charge in [0.15, 0.2) is 0 Å². The van der Waals surface area contributed by atoms with E-state index < -0.39 is 53.5 Å². The molecular weight excluding hydrogens is 616 g/mol. The molecule has 0 spiro atoms. The maximum absolute atomic E-state index is 13.8. The third kappa shape index (κ3) is 9.11. The predicted octanol–water partition coefficient (Wildman–Crippen LogP) is 4.99. The molecule has 4 atom stereocenters. The van der Waals surface area contributed by atoms with Gasteiger partial charge in [-0.25, -0.2) is 9.59 Å². The van der Waals surface area contributed by atoms with Crippen LogP contribution in [0.5, 0.6) is 0 Å². The third-order valence-corrected chi connectivity index (χ3v) is 8.55. The van der Waals surface area contributed by atoms with Crippen LogP contribution in [0, 0.1) is 29.6 Å². The second kappa shape index (κ2) is 16.3. The molecule has 0 saturated heterocycles. The number of amides is 1. The smallest absolute Gasteiger partial charge is 0.333 e. The highest BCUT2D eigenvalue weighted by Crippen LogP contribution is 2.51. The minimum atomic E-state index is -1.16. The molecule has 4 unspecified atom stereocenters. The van der Waals surface area contributed by atoms with Crippen molar-refractivity contribution in [3.05, 3.63) is 84.0 Å². The maximum Gasteiger partial charge on any atom is 0.333 e. The SMILES string of the molecule is C=C(C)C(=O)OCCOC(=O)C1C(C(=O)Nc2ccc(C(C)(C)c3ccc(N)cc3)cc2)C(C(C)C)C1C(=O)OCCOC(=O)C(=C)C. The quantitative estimate of drug-likeness (QED) is 0.0874. The Morgan fingerprint density at radius 1 is 0.708 bits per heavy atom. The average Bonchev–Trinajstić information content (AvgIpc) is 3.00. The minimum Gasteiger partial charge on any atom is -0.462 e. The van der Waals surface area contributed by atoms with E-state index in [2.05, 4.69) is 32.3 Å². The zero-order chi connectivity index (χ0) is 35.8. The number of hydrogen-bond donors (Lipinski definition) is 2. The topological polar surface area (TPSA) is 160 Å². The second-order valence-electron chi connectivity index (χ2n) is 12.9. The van der Waals surface area contributed by atoms with Crippen molar-refractivity contribution in [3.8, 4) is 0 Å². The monoisotopic (exact) mass is 662 g/mol. The fourth-order valence-corrected chi connectivity index (χ4v) is 5.80. The largest absolute Gasteiger partial charge is 0.462 e. The van der Waals surface area contributed by atoms with Crippen molar-refractivity contribution in [3.63, 3.8) is 0 Å². The number of nitrogens with one attached hydrogen (secondary N) is 1. The van der Waals surface area contributed by atoms with Crippen LogP contribution in [-0.4, -0.2) is 56.2 Å². The van der Waals surface area contributed by atoms with Crippen LogP contribution in [0.1, 0.15) is 52.7 Å². The van der Waals surface area contributed by atoms with E-state index in [0.29, 0.717) is 11.4 Å². The lowest BCUT2D eigenvalue weighted by molar-refractivity contribution is -0.188. The molecule has 0 aliphatic heterocycles. The molecule has 1 aliphatic carbocycles. The molecule has 3 rings (SSSR count). The number of anilines is 2. The summed E-state index contributed by atoms with van der Waals surface area (Å²) in [7, 11) is 0. The van der Waals surface area contributed by atoms with Crippen molar-refractivity contribution < 1.29 is 42.9 Å². The Kier molecular flexibility index (Phi) is 12.7. The van der Waals surface area contributed by atoms with Crippen molar-refractivity contribution in [1.82, 2.24) is 0 Å². The van der Waals surface area contributed by atoms with E-state index in [9.17, 15) is 24.0 Å². The molecule has 1 amide bonds. The van der Waals surface area contributed by atoms with Gasteiger partial charge in [0.2, 0.25) is 5.91 Å². The van der Waals surface area contributed by atoms with Crippen molar-refractivity contribution in [2.75, 3.05) is 37.5 Å². The molecule has 1 fully saturated rings. The van der Waals surface area contributed by atoms with Gasteiger partial charge in [-0.3, -0.25) is 14.4 Å². The number of hydrogen-bond acceptors (Lipinski definition) is 10. The summed E-state index contributed by atoms with van der Waals surface area (Å²) >= 11 is 0. The van der Waals surface area contributed by atoms with E-state index in [4.69, 9.17) is 24.7 Å². The van der Waals surface area contributed by atoms with Crippen molar-refractivity contribution in [2.45, 2.75) is 47.0 Å². The molecule has 1 saturated carbocycles. The maximum atomic E-state index is 13.8. The van der Waals surface area contributed by atoms with E-state index in [0.717, 1.165) is 11.1 Å². The minimum absolute atomic E-state index is 0.190. The van der Waals surface area contributed by atoms with Gasteiger partial charge in [-0.2, -0.15) is 0 Å². The van der Waals surface area contributed by atoms with E-state index >= 15 is 0 Å². The molecule has 1 aliphatic rings. The van der Waals surface area contributed by atoms with Gasteiger partial charge in [0, 0.05) is 27.9 Å². The molecule has 11 nitrogen and oxygen atoms in total. The van der Waals surface area contributed by atoms with Crippen LogP contribution < -0.4 is 11.1 Å². The summed E-state index contributed by atoms with van der Waals surface area (Å²) < 4.78 is 20.8. The van der Waals surface area contributed by atoms with Crippen molar-refractivity contribution in [2.24, 2.45) is 29.6 Å². The molecule has 0 aromatic heterocycles. The van der Waals surface area contributed by atoms with Crippen LogP contribution in [0.3, 0.4) is 0 Å². The van der Waals surface area contributed by atoms with Gasteiger partial charge in [-0.1, -0.05) is 65.1 Å². The molecule has 258 valence electrons. The molecular formula is C37H46N2O9. The average molecular weight is 663 g/mol. The van der Waals surface area contributed by atoms with E-state index in [1.54, 1.807) is 12.1 Å². The highest BCUT2D eigenvalue weighted by atomic mass is 16.6. The van der Waals surface area contributed by atoms with Gasteiger partial charge in [0.25, 0.3) is 0 Å². The van der Waals surface area contributed by atoms with Gasteiger partial charge in [0.05, 0.1) is 17.8 Å². The Balaban J connectivity index is 1.78. The van der Waals surface area contributed by atoms with Crippen LogP contribution >= 0.6 is 0 Å². The molecule has 0 bridgehead atoms. The first-order valence-electron chi connectivity index (χ1n) is 15.8. The van der Waals surface area contributed by atoms with Crippen LogP contribution in [-0.2, 0) is 48.3 Å². The summed E-state index contributed by atoms with van der Waals surface area (Å²) in [5.74, 6) is -7.04. The summed E-state index contributed by atoms with van der Waals surface area (Å²) in [6, 6.07) is 15.1. The van der Waals surface area contributed by atoms with Crippen molar-refractivity contribution in [1.29, 1.82) is 0 Å². The highest BCUT2D eigenvalue weighted by molar-refractivity contribution is 5.99. The summed E-state index contributed by atoms with van der Waals surface area (Å²) in [5.41, 5.74) is 9.20. The Morgan fingerprint density at radius 2 is 1.12 bits per heavy atom. The first-order chi connectivity index (χ1) is 22.6. The number of benzene rings is 2. The number of rotatable bonds is 15. The van der Waals surface area contributed by atoms with Gasteiger partial charge in [-0.15, -0.1) is 0 Å². The summed E-state index contributed by atoms with van der Waals surface area (Å²) in [5, 5.41) is 2.91. The standard InChI is InChI=1S/C37H46N2O9/c1-21(2)28-29(32(40)39-27-15-11-25(12-16-27)37(7,8)24-9-13-26(38)14-10-24)31(36(44)48-20-18-46-34(42)23(5)6)30(28)35(43)47-19-17-45-33(41)22(3)4/h9-16,21,28-31H,3,5,17-20,38H2,1-2,4,6-8H3,(H,39,40). The van der Waals surface area contributed by atoms with Gasteiger partial charge in [-0.05, 0) is 61.1 Å². The Hall–Kier alpha value is -4.93. The lowest BCUT2D eigenvalue weighted by atomic mass is 9.52. The predicted molar refractivity (Wildman–Crippen MR) is 180 cm³/mol. The van der Waals surface area contributed by atoms with E-state index in [1.807, 2.05) is 50.2 Å². The van der Waals surface area contributed by atoms with E-state index in [1.165, 1.54) is 13.8 Å². The fourth-order valence-electron chi connectivity index (χ4n) is 5.80. The third-order valence-electron chi connectivity index (χ3n) is 8.55. The van der Waals surface area contributed by atoms with Gasteiger partial charge >= 0.3 is 23.9 Å². The fraction of sp³-hybridized carbons (Fsp3) is 0.432. The highest BCUT2D eigenvalue weighted by Gasteiger charge is 2.62. The number of esters is 4. The number of carbonyl (C=O) groups is 5. The van der Waals surface area contributed by atoms with Crippen LogP contribution in [0.4, 0.5) is 11.4 Å². The normalized spacial score (nSPS) is 18.6. The number of nitrogen functional groups attached to an aromatic ring is 1. The Bertz CT molecular complexity index is 1530. The lowest BCUT2D eigenvalue weighted by Crippen LogP contribution is -2.60. The lowest BCUT2D eigenvalue weighted by Gasteiger charge is -2.49. The molecule has 48 heavy (non-hydrogen) atoms. The zero-order valence-electron chi connectivity index (χ0n) is 28.5. The first-order valence-corrected chi connectivity index (χ1v) is 15.8. The molecule has 3 N–H and O–H groups in total. The summed E-state index contributed by atoms with van der Waals surface area (Å²) in [6.07, 6.45) is 0. The van der Waals surface area contributed by atoms with Crippen LogP contribution in [0.15, 0.2) is 72.8 Å². The summed E-state index contributed by atoms with van der Waals surface area (Å²) in [4.78, 5) is 63.9. The Morgan fingerprint density at radius 3 is 1.56 bits per heavy atom. The first kappa shape index (κ1) is 37.5. The molecule has 2 aromatic rings. The van der Waals surface area contributed by atoms with E-state index in [-0.39, 0.29) is 48.9 Å². The van der Waals surface area contributed by atoms with Crippen molar-refractivity contribution >= 4 is 41.2 Å².